The number of aromatic nitrogens is 2. The van der Waals surface area contributed by atoms with Crippen LogP contribution in [0.3, 0.4) is 0 Å². The second-order valence-electron chi connectivity index (χ2n) is 4.19. The van der Waals surface area contributed by atoms with Crippen LogP contribution in [0.1, 0.15) is 11.3 Å². The molecule has 0 saturated heterocycles. The summed E-state index contributed by atoms with van der Waals surface area (Å²) in [6.07, 6.45) is 1.82. The molecule has 0 spiro atoms. The highest BCUT2D eigenvalue weighted by Crippen LogP contribution is 2.39. The van der Waals surface area contributed by atoms with Gasteiger partial charge in [0.25, 0.3) is 0 Å². The molecule has 1 heterocycles. The number of benzene rings is 1. The van der Waals surface area contributed by atoms with Crippen LogP contribution in [-0.4, -0.2) is 31.3 Å². The lowest BCUT2D eigenvalue weighted by atomic mass is 10.2. The van der Waals surface area contributed by atoms with E-state index in [1.54, 1.807) is 33.1 Å². The second-order valence-corrected chi connectivity index (χ2v) is 5.16. The Morgan fingerprint density at radius 1 is 1.10 bits per heavy atom. The number of imidazole rings is 1. The molecular formula is C14H18N2O3S. The topological polar surface area (TPSA) is 56.4 Å². The molecule has 0 amide bonds. The summed E-state index contributed by atoms with van der Waals surface area (Å²) in [6, 6.07) is 3.90. The molecule has 20 heavy (non-hydrogen) atoms. The van der Waals surface area contributed by atoms with Gasteiger partial charge in [-0.3, -0.25) is 0 Å². The van der Waals surface area contributed by atoms with Crippen molar-refractivity contribution in [2.45, 2.75) is 17.8 Å². The van der Waals surface area contributed by atoms with Gasteiger partial charge in [-0.15, -0.1) is 0 Å². The van der Waals surface area contributed by atoms with E-state index in [2.05, 4.69) is 9.97 Å². The van der Waals surface area contributed by atoms with Crippen molar-refractivity contribution in [3.8, 4) is 17.2 Å². The first kappa shape index (κ1) is 14.6. The molecule has 1 aromatic heterocycles. The maximum absolute atomic E-state index is 5.34. The zero-order chi connectivity index (χ0) is 14.5. The molecule has 1 aromatic carbocycles. The smallest absolute Gasteiger partial charge is 0.203 e. The number of rotatable bonds is 6. The number of thioether (sulfide) groups is 1. The third kappa shape index (κ3) is 3.19. The minimum absolute atomic E-state index is 0.609. The standard InChI is InChI=1S/C14H18N2O3S/c1-9-7-15-14(16-9)20-8-10-5-11(17-2)13(19-4)12(6-10)18-3/h5-7H,8H2,1-4H3,(H,15,16). The molecule has 0 aliphatic heterocycles. The van der Waals surface area contributed by atoms with E-state index in [9.17, 15) is 0 Å². The fourth-order valence-corrected chi connectivity index (χ4v) is 2.66. The highest BCUT2D eigenvalue weighted by Gasteiger charge is 2.13. The van der Waals surface area contributed by atoms with Gasteiger partial charge in [-0.05, 0) is 24.6 Å². The number of hydrogen-bond donors (Lipinski definition) is 1. The minimum Gasteiger partial charge on any atom is -0.493 e. The van der Waals surface area contributed by atoms with Gasteiger partial charge in [-0.1, -0.05) is 11.8 Å². The molecular weight excluding hydrogens is 276 g/mol. The molecule has 0 atom stereocenters. The van der Waals surface area contributed by atoms with Crippen molar-refractivity contribution in [2.24, 2.45) is 0 Å². The number of aromatic amines is 1. The molecule has 0 unspecified atom stereocenters. The normalized spacial score (nSPS) is 10.4. The molecule has 0 aliphatic carbocycles. The zero-order valence-corrected chi connectivity index (χ0v) is 12.8. The Labute approximate surface area is 122 Å². The largest absolute Gasteiger partial charge is 0.493 e. The van der Waals surface area contributed by atoms with Gasteiger partial charge in [0, 0.05) is 17.6 Å². The summed E-state index contributed by atoms with van der Waals surface area (Å²) in [7, 11) is 4.83. The minimum atomic E-state index is 0.609. The number of ether oxygens (including phenoxy) is 3. The van der Waals surface area contributed by atoms with Gasteiger partial charge < -0.3 is 19.2 Å². The summed E-state index contributed by atoms with van der Waals surface area (Å²) in [6.45, 7) is 1.98. The van der Waals surface area contributed by atoms with Gasteiger partial charge in [-0.2, -0.15) is 0 Å². The van der Waals surface area contributed by atoms with Crippen molar-refractivity contribution in [1.82, 2.24) is 9.97 Å². The van der Waals surface area contributed by atoms with Gasteiger partial charge in [-0.25, -0.2) is 4.98 Å². The van der Waals surface area contributed by atoms with Crippen molar-refractivity contribution in [2.75, 3.05) is 21.3 Å². The highest BCUT2D eigenvalue weighted by molar-refractivity contribution is 7.98. The van der Waals surface area contributed by atoms with Crippen molar-refractivity contribution in [3.63, 3.8) is 0 Å². The van der Waals surface area contributed by atoms with Crippen molar-refractivity contribution < 1.29 is 14.2 Å². The summed E-state index contributed by atoms with van der Waals surface area (Å²) < 4.78 is 16.0. The number of nitrogens with one attached hydrogen (secondary N) is 1. The van der Waals surface area contributed by atoms with E-state index in [-0.39, 0.29) is 0 Å². The molecule has 0 bridgehead atoms. The fraction of sp³-hybridized carbons (Fsp3) is 0.357. The Morgan fingerprint density at radius 3 is 2.20 bits per heavy atom. The van der Waals surface area contributed by atoms with E-state index in [0.29, 0.717) is 17.2 Å². The molecule has 5 nitrogen and oxygen atoms in total. The van der Waals surface area contributed by atoms with Crippen LogP contribution in [0.5, 0.6) is 17.2 Å². The average molecular weight is 294 g/mol. The SMILES string of the molecule is COc1cc(CSc2ncc(C)[nH]2)cc(OC)c1OC. The van der Waals surface area contributed by atoms with Crippen molar-refractivity contribution >= 4 is 11.8 Å². The van der Waals surface area contributed by atoms with Crippen LogP contribution < -0.4 is 14.2 Å². The van der Waals surface area contributed by atoms with E-state index >= 15 is 0 Å². The number of nitrogens with zero attached hydrogens (tertiary/aromatic N) is 1. The lowest BCUT2D eigenvalue weighted by molar-refractivity contribution is 0.324. The second kappa shape index (κ2) is 6.56. The summed E-state index contributed by atoms with van der Waals surface area (Å²) in [5, 5.41) is 0.899. The van der Waals surface area contributed by atoms with Crippen LogP contribution >= 0.6 is 11.8 Å². The van der Waals surface area contributed by atoms with Crippen LogP contribution in [0.25, 0.3) is 0 Å². The van der Waals surface area contributed by atoms with E-state index < -0.39 is 0 Å². The Bertz CT molecular complexity index is 559. The molecule has 0 saturated carbocycles. The van der Waals surface area contributed by atoms with E-state index in [4.69, 9.17) is 14.2 Å². The number of hydrogen-bond acceptors (Lipinski definition) is 5. The van der Waals surface area contributed by atoms with Gasteiger partial charge >= 0.3 is 0 Å². The number of methoxy groups -OCH3 is 3. The molecule has 1 N–H and O–H groups in total. The molecule has 108 valence electrons. The van der Waals surface area contributed by atoms with E-state index in [1.165, 1.54) is 0 Å². The third-order valence-electron chi connectivity index (χ3n) is 2.78. The molecule has 0 radical (unpaired) electrons. The maximum Gasteiger partial charge on any atom is 0.203 e. The maximum atomic E-state index is 5.34. The van der Waals surface area contributed by atoms with Crippen molar-refractivity contribution in [1.29, 1.82) is 0 Å². The lowest BCUT2D eigenvalue weighted by Crippen LogP contribution is -1.96. The third-order valence-corrected chi connectivity index (χ3v) is 3.74. The summed E-state index contributed by atoms with van der Waals surface area (Å²) >= 11 is 1.63. The van der Waals surface area contributed by atoms with Crippen LogP contribution in [0.4, 0.5) is 0 Å². The molecule has 0 fully saturated rings. The first-order valence-electron chi connectivity index (χ1n) is 6.11. The Balaban J connectivity index is 2.19. The van der Waals surface area contributed by atoms with E-state index in [0.717, 1.165) is 22.2 Å². The van der Waals surface area contributed by atoms with E-state index in [1.807, 2.05) is 25.3 Å². The zero-order valence-electron chi connectivity index (χ0n) is 12.0. The quantitative estimate of drug-likeness (QED) is 0.830. The number of H-pyrrole nitrogens is 1. The average Bonchev–Trinajstić information content (AvgIpc) is 2.89. The summed E-state index contributed by atoms with van der Waals surface area (Å²) in [5.74, 6) is 2.71. The summed E-state index contributed by atoms with van der Waals surface area (Å²) in [4.78, 5) is 7.46. The molecule has 2 aromatic rings. The monoisotopic (exact) mass is 294 g/mol. The van der Waals surface area contributed by atoms with Crippen LogP contribution in [-0.2, 0) is 5.75 Å². The van der Waals surface area contributed by atoms with Crippen LogP contribution in [0.15, 0.2) is 23.5 Å². The van der Waals surface area contributed by atoms with Gasteiger partial charge in [0.1, 0.15) is 0 Å². The first-order valence-corrected chi connectivity index (χ1v) is 7.09. The molecule has 6 heteroatoms. The van der Waals surface area contributed by atoms with Crippen LogP contribution in [0.2, 0.25) is 0 Å². The lowest BCUT2D eigenvalue weighted by Gasteiger charge is -2.13. The van der Waals surface area contributed by atoms with Gasteiger partial charge in [0.2, 0.25) is 5.75 Å². The Hall–Kier alpha value is -1.82. The fourth-order valence-electron chi connectivity index (χ4n) is 1.83. The Morgan fingerprint density at radius 2 is 1.75 bits per heavy atom. The van der Waals surface area contributed by atoms with Gasteiger partial charge in [0.15, 0.2) is 16.7 Å². The summed E-state index contributed by atoms with van der Waals surface area (Å²) in [5.41, 5.74) is 2.14. The predicted octanol–water partition coefficient (Wildman–Crippen LogP) is 3.04. The number of aryl methyl sites for hydroxylation is 1. The molecule has 2 rings (SSSR count). The van der Waals surface area contributed by atoms with Gasteiger partial charge in [0.05, 0.1) is 21.3 Å². The predicted molar refractivity (Wildman–Crippen MR) is 79.0 cm³/mol. The van der Waals surface area contributed by atoms with Crippen LogP contribution in [0, 0.1) is 6.92 Å². The Kier molecular flexibility index (Phi) is 4.79. The molecule has 0 aliphatic rings. The van der Waals surface area contributed by atoms with Crippen molar-refractivity contribution in [3.05, 3.63) is 29.6 Å². The highest BCUT2D eigenvalue weighted by atomic mass is 32.2. The first-order chi connectivity index (χ1) is 9.67.